The summed E-state index contributed by atoms with van der Waals surface area (Å²) in [6.45, 7) is 2.33. The molecule has 1 N–H and O–H groups in total. The minimum Gasteiger partial charge on any atom is -0.492 e. The van der Waals surface area contributed by atoms with Crippen LogP contribution in [0.1, 0.15) is 16.1 Å². The van der Waals surface area contributed by atoms with Gasteiger partial charge in [0.15, 0.2) is 0 Å². The minimum atomic E-state index is -0.293. The Labute approximate surface area is 160 Å². The molecule has 1 aromatic heterocycles. The van der Waals surface area contributed by atoms with E-state index in [0.29, 0.717) is 51.5 Å². The van der Waals surface area contributed by atoms with Crippen molar-refractivity contribution in [1.29, 1.82) is 0 Å². The SMILES string of the molecule is Cc1onc(-c2ccccc2Cl)c1C(=O)NCCOc1ccc(Cl)cc1. The first-order chi connectivity index (χ1) is 12.6. The molecule has 0 aliphatic rings. The van der Waals surface area contributed by atoms with Gasteiger partial charge in [-0.3, -0.25) is 4.79 Å². The molecule has 0 fully saturated rings. The fourth-order valence-corrected chi connectivity index (χ4v) is 2.78. The highest BCUT2D eigenvalue weighted by Gasteiger charge is 2.22. The van der Waals surface area contributed by atoms with Crippen LogP contribution < -0.4 is 10.1 Å². The van der Waals surface area contributed by atoms with E-state index in [0.717, 1.165) is 0 Å². The van der Waals surface area contributed by atoms with Crippen LogP contribution in [0.15, 0.2) is 53.1 Å². The molecule has 0 unspecified atom stereocenters. The minimum absolute atomic E-state index is 0.293. The predicted molar refractivity (Wildman–Crippen MR) is 101 cm³/mol. The number of hydrogen-bond donors (Lipinski definition) is 1. The Hall–Kier alpha value is -2.50. The molecule has 0 saturated heterocycles. The van der Waals surface area contributed by atoms with Crippen molar-refractivity contribution in [2.45, 2.75) is 6.92 Å². The maximum Gasteiger partial charge on any atom is 0.257 e. The lowest BCUT2D eigenvalue weighted by Gasteiger charge is -2.08. The number of nitrogens with zero attached hydrogens (tertiary/aromatic N) is 1. The van der Waals surface area contributed by atoms with Crippen LogP contribution in [0, 0.1) is 6.92 Å². The topological polar surface area (TPSA) is 64.4 Å². The quantitative estimate of drug-likeness (QED) is 0.615. The number of hydrogen-bond acceptors (Lipinski definition) is 4. The van der Waals surface area contributed by atoms with E-state index in [4.69, 9.17) is 32.5 Å². The number of aromatic nitrogens is 1. The molecule has 134 valence electrons. The van der Waals surface area contributed by atoms with Gasteiger partial charge in [-0.1, -0.05) is 46.6 Å². The first-order valence-corrected chi connectivity index (χ1v) is 8.69. The number of nitrogens with one attached hydrogen (secondary N) is 1. The first kappa shape index (κ1) is 18.3. The van der Waals surface area contributed by atoms with Crippen LogP contribution in [0.4, 0.5) is 0 Å². The Morgan fingerprint density at radius 1 is 1.15 bits per heavy atom. The smallest absolute Gasteiger partial charge is 0.257 e. The summed E-state index contributed by atoms with van der Waals surface area (Å²) in [5.41, 5.74) is 1.43. The molecular formula is C19H16Cl2N2O3. The Morgan fingerprint density at radius 3 is 2.62 bits per heavy atom. The summed E-state index contributed by atoms with van der Waals surface area (Å²) in [5, 5.41) is 7.93. The molecule has 0 aliphatic heterocycles. The molecule has 0 bridgehead atoms. The molecule has 0 aliphatic carbocycles. The Bertz CT molecular complexity index is 907. The fraction of sp³-hybridized carbons (Fsp3) is 0.158. The summed E-state index contributed by atoms with van der Waals surface area (Å²) in [4.78, 5) is 12.6. The molecule has 7 heteroatoms. The lowest BCUT2D eigenvalue weighted by molar-refractivity contribution is 0.0946. The molecule has 0 spiro atoms. The van der Waals surface area contributed by atoms with E-state index in [1.54, 1.807) is 43.3 Å². The molecule has 1 amide bonds. The molecule has 2 aromatic carbocycles. The highest BCUT2D eigenvalue weighted by atomic mass is 35.5. The van der Waals surface area contributed by atoms with E-state index in [-0.39, 0.29) is 5.91 Å². The zero-order valence-electron chi connectivity index (χ0n) is 14.0. The van der Waals surface area contributed by atoms with Gasteiger partial charge in [0.25, 0.3) is 5.91 Å². The number of carbonyl (C=O) groups excluding carboxylic acids is 1. The zero-order chi connectivity index (χ0) is 18.5. The van der Waals surface area contributed by atoms with Gasteiger partial charge in [-0.2, -0.15) is 0 Å². The molecule has 3 aromatic rings. The Kier molecular flexibility index (Phi) is 5.81. The number of halogens is 2. The van der Waals surface area contributed by atoms with Gasteiger partial charge in [0.05, 0.1) is 11.6 Å². The summed E-state index contributed by atoms with van der Waals surface area (Å²) in [6.07, 6.45) is 0. The van der Waals surface area contributed by atoms with Crippen molar-refractivity contribution >= 4 is 29.1 Å². The van der Waals surface area contributed by atoms with Crippen LogP contribution in [0.5, 0.6) is 5.75 Å². The van der Waals surface area contributed by atoms with Crippen molar-refractivity contribution in [3.8, 4) is 17.0 Å². The van der Waals surface area contributed by atoms with Gasteiger partial charge in [-0.25, -0.2) is 0 Å². The number of amides is 1. The highest BCUT2D eigenvalue weighted by molar-refractivity contribution is 6.33. The number of ether oxygens (including phenoxy) is 1. The van der Waals surface area contributed by atoms with Crippen LogP contribution in [0.2, 0.25) is 10.0 Å². The summed E-state index contributed by atoms with van der Waals surface area (Å²) >= 11 is 12.0. The van der Waals surface area contributed by atoms with E-state index in [9.17, 15) is 4.79 Å². The van der Waals surface area contributed by atoms with Crippen molar-refractivity contribution in [2.75, 3.05) is 13.2 Å². The van der Waals surface area contributed by atoms with E-state index in [1.807, 2.05) is 12.1 Å². The third-order valence-corrected chi connectivity index (χ3v) is 4.27. The second-order valence-electron chi connectivity index (χ2n) is 5.50. The van der Waals surface area contributed by atoms with Gasteiger partial charge >= 0.3 is 0 Å². The molecule has 0 radical (unpaired) electrons. The van der Waals surface area contributed by atoms with Crippen LogP contribution >= 0.6 is 23.2 Å². The van der Waals surface area contributed by atoms with E-state index in [1.165, 1.54) is 0 Å². The zero-order valence-corrected chi connectivity index (χ0v) is 15.5. The maximum absolute atomic E-state index is 12.6. The molecule has 1 heterocycles. The second-order valence-corrected chi connectivity index (χ2v) is 6.34. The third kappa shape index (κ3) is 4.18. The Balaban J connectivity index is 1.64. The monoisotopic (exact) mass is 390 g/mol. The Morgan fingerprint density at radius 2 is 1.88 bits per heavy atom. The standard InChI is InChI=1S/C19H16Cl2N2O3/c1-12-17(18(23-26-12)15-4-2-3-5-16(15)21)19(24)22-10-11-25-14-8-6-13(20)7-9-14/h2-9H,10-11H2,1H3,(H,22,24). The van der Waals surface area contributed by atoms with E-state index < -0.39 is 0 Å². The van der Waals surface area contributed by atoms with Crippen LogP contribution in [-0.2, 0) is 0 Å². The summed E-state index contributed by atoms with van der Waals surface area (Å²) < 4.78 is 10.8. The van der Waals surface area contributed by atoms with Crippen LogP contribution in [0.3, 0.4) is 0 Å². The average Bonchev–Trinajstić information content (AvgIpc) is 3.02. The van der Waals surface area contributed by atoms with Crippen molar-refractivity contribution < 1.29 is 14.1 Å². The van der Waals surface area contributed by atoms with Gasteiger partial charge in [-0.05, 0) is 37.3 Å². The third-order valence-electron chi connectivity index (χ3n) is 3.69. The van der Waals surface area contributed by atoms with Crippen molar-refractivity contribution in [3.05, 3.63) is 69.9 Å². The van der Waals surface area contributed by atoms with Crippen molar-refractivity contribution in [2.24, 2.45) is 0 Å². The summed E-state index contributed by atoms with van der Waals surface area (Å²) in [5.74, 6) is 0.816. The van der Waals surface area contributed by atoms with Gasteiger partial charge < -0.3 is 14.6 Å². The normalized spacial score (nSPS) is 10.6. The second kappa shape index (κ2) is 8.25. The molecular weight excluding hydrogens is 375 g/mol. The number of rotatable bonds is 6. The van der Waals surface area contributed by atoms with Gasteiger partial charge in [0.2, 0.25) is 0 Å². The van der Waals surface area contributed by atoms with Crippen LogP contribution in [0.25, 0.3) is 11.3 Å². The number of benzene rings is 2. The predicted octanol–water partition coefficient (Wildman–Crippen LogP) is 4.77. The maximum atomic E-state index is 12.6. The lowest BCUT2D eigenvalue weighted by atomic mass is 10.1. The first-order valence-electron chi connectivity index (χ1n) is 7.94. The molecule has 3 rings (SSSR count). The van der Waals surface area contributed by atoms with E-state index >= 15 is 0 Å². The summed E-state index contributed by atoms with van der Waals surface area (Å²) in [6, 6.07) is 14.2. The van der Waals surface area contributed by atoms with Crippen LogP contribution in [-0.4, -0.2) is 24.2 Å². The lowest BCUT2D eigenvalue weighted by Crippen LogP contribution is -2.28. The largest absolute Gasteiger partial charge is 0.492 e. The number of carbonyl (C=O) groups is 1. The number of aryl methyl sites for hydroxylation is 1. The van der Waals surface area contributed by atoms with Gasteiger partial charge in [0.1, 0.15) is 29.4 Å². The van der Waals surface area contributed by atoms with Crippen molar-refractivity contribution in [3.63, 3.8) is 0 Å². The molecule has 0 saturated carbocycles. The summed E-state index contributed by atoms with van der Waals surface area (Å²) in [7, 11) is 0. The average molecular weight is 391 g/mol. The van der Waals surface area contributed by atoms with Gasteiger partial charge in [-0.15, -0.1) is 0 Å². The van der Waals surface area contributed by atoms with E-state index in [2.05, 4.69) is 10.5 Å². The van der Waals surface area contributed by atoms with Gasteiger partial charge in [0, 0.05) is 10.6 Å². The molecule has 0 atom stereocenters. The fourth-order valence-electron chi connectivity index (χ4n) is 2.43. The van der Waals surface area contributed by atoms with Crippen molar-refractivity contribution in [1.82, 2.24) is 10.5 Å². The highest BCUT2D eigenvalue weighted by Crippen LogP contribution is 2.30. The molecule has 26 heavy (non-hydrogen) atoms. The molecule has 5 nitrogen and oxygen atoms in total.